The van der Waals surface area contributed by atoms with Gasteiger partial charge in [-0.15, -0.1) is 0 Å². The van der Waals surface area contributed by atoms with Gasteiger partial charge in [0.15, 0.2) is 0 Å². The van der Waals surface area contributed by atoms with Gasteiger partial charge in [0.2, 0.25) is 15.9 Å². The van der Waals surface area contributed by atoms with E-state index in [1.165, 1.54) is 4.31 Å². The summed E-state index contributed by atoms with van der Waals surface area (Å²) in [4.78, 5) is 18.8. The molecule has 0 saturated carbocycles. The second-order valence-electron chi connectivity index (χ2n) is 6.57. The van der Waals surface area contributed by atoms with Crippen molar-refractivity contribution in [2.75, 3.05) is 20.1 Å². The van der Waals surface area contributed by atoms with Crippen LogP contribution in [0.15, 0.2) is 59.8 Å². The lowest BCUT2D eigenvalue weighted by atomic mass is 9.98. The molecule has 1 unspecified atom stereocenters. The zero-order valence-corrected chi connectivity index (χ0v) is 15.6. The summed E-state index contributed by atoms with van der Waals surface area (Å²) in [5, 5.41) is 0. The fraction of sp³-hybridized carbons (Fsp3) is 0.368. The van der Waals surface area contributed by atoms with E-state index in [1.807, 2.05) is 12.1 Å². The normalized spacial score (nSPS) is 18.4. The first kappa shape index (κ1) is 18.5. The summed E-state index contributed by atoms with van der Waals surface area (Å²) < 4.78 is 27.1. The highest BCUT2D eigenvalue weighted by Crippen LogP contribution is 2.25. The summed E-state index contributed by atoms with van der Waals surface area (Å²) in [5.74, 6) is -0.342. The average molecular weight is 373 g/mol. The van der Waals surface area contributed by atoms with E-state index in [9.17, 15) is 13.2 Å². The first-order valence-corrected chi connectivity index (χ1v) is 10.1. The molecule has 1 atom stereocenters. The zero-order valence-electron chi connectivity index (χ0n) is 14.8. The lowest BCUT2D eigenvalue weighted by Gasteiger charge is -2.33. The van der Waals surface area contributed by atoms with Crippen molar-refractivity contribution in [3.63, 3.8) is 0 Å². The molecule has 1 saturated heterocycles. The van der Waals surface area contributed by atoms with Crippen LogP contribution in [0.5, 0.6) is 0 Å². The summed E-state index contributed by atoms with van der Waals surface area (Å²) in [5.41, 5.74) is 0.952. The summed E-state index contributed by atoms with van der Waals surface area (Å²) in [6.07, 6.45) is 4.82. The van der Waals surface area contributed by atoms with Gasteiger partial charge in [0.05, 0.1) is 10.8 Å². The Kier molecular flexibility index (Phi) is 5.68. The molecule has 1 aliphatic rings. The van der Waals surface area contributed by atoms with E-state index in [-0.39, 0.29) is 23.3 Å². The maximum Gasteiger partial charge on any atom is 0.243 e. The lowest BCUT2D eigenvalue weighted by molar-refractivity contribution is -0.135. The number of pyridine rings is 1. The maximum atomic E-state index is 12.8. The number of benzene rings is 1. The minimum Gasteiger partial charge on any atom is -0.341 e. The molecular formula is C19H23N3O3S. The Labute approximate surface area is 154 Å². The molecule has 2 aromatic rings. The van der Waals surface area contributed by atoms with Crippen LogP contribution in [0.25, 0.3) is 0 Å². The molecular weight excluding hydrogens is 350 g/mol. The topological polar surface area (TPSA) is 70.6 Å². The molecule has 0 N–H and O–H groups in total. The van der Waals surface area contributed by atoms with Crippen LogP contribution < -0.4 is 0 Å². The molecule has 0 spiro atoms. The fourth-order valence-electron chi connectivity index (χ4n) is 3.26. The predicted molar refractivity (Wildman–Crippen MR) is 98.6 cm³/mol. The average Bonchev–Trinajstić information content (AvgIpc) is 2.69. The van der Waals surface area contributed by atoms with Crippen molar-refractivity contribution in [1.82, 2.24) is 14.2 Å². The number of aromatic nitrogens is 1. The number of hydrogen-bond donors (Lipinski definition) is 0. The summed E-state index contributed by atoms with van der Waals surface area (Å²) in [7, 11) is -1.81. The van der Waals surface area contributed by atoms with Gasteiger partial charge in [-0.25, -0.2) is 8.42 Å². The van der Waals surface area contributed by atoms with E-state index in [2.05, 4.69) is 4.98 Å². The monoisotopic (exact) mass is 373 g/mol. The highest BCUT2D eigenvalue weighted by Gasteiger charge is 2.34. The standard InChI is InChI=1S/C19H23N3O3S/c1-21(14-16-7-5-11-20-13-16)19(23)17-8-6-12-22(15-17)26(24,25)18-9-3-2-4-10-18/h2-5,7,9-11,13,17H,6,8,12,14-15H2,1H3. The SMILES string of the molecule is CN(Cc1cccnc1)C(=O)C1CCCN(S(=O)(=O)c2ccccc2)C1. The van der Waals surface area contributed by atoms with Crippen molar-refractivity contribution in [3.05, 3.63) is 60.4 Å². The number of carbonyl (C=O) groups excluding carboxylic acids is 1. The van der Waals surface area contributed by atoms with Gasteiger partial charge in [0, 0.05) is 39.1 Å². The van der Waals surface area contributed by atoms with E-state index in [4.69, 9.17) is 0 Å². The second kappa shape index (κ2) is 7.97. The minimum atomic E-state index is -3.56. The molecule has 138 valence electrons. The van der Waals surface area contributed by atoms with Crippen LogP contribution >= 0.6 is 0 Å². The van der Waals surface area contributed by atoms with Crippen molar-refractivity contribution in [2.24, 2.45) is 5.92 Å². The second-order valence-corrected chi connectivity index (χ2v) is 8.51. The Morgan fingerprint density at radius 1 is 1.23 bits per heavy atom. The van der Waals surface area contributed by atoms with Crippen molar-refractivity contribution < 1.29 is 13.2 Å². The molecule has 2 heterocycles. The highest BCUT2D eigenvalue weighted by atomic mass is 32.2. The number of nitrogens with zero attached hydrogens (tertiary/aromatic N) is 3. The minimum absolute atomic E-state index is 0.0261. The molecule has 0 bridgehead atoms. The molecule has 0 radical (unpaired) electrons. The summed E-state index contributed by atoms with van der Waals surface area (Å²) in [6, 6.07) is 12.1. The first-order valence-electron chi connectivity index (χ1n) is 8.67. The van der Waals surface area contributed by atoms with E-state index in [0.717, 1.165) is 5.56 Å². The van der Waals surface area contributed by atoms with Crippen molar-refractivity contribution in [3.8, 4) is 0 Å². The zero-order chi connectivity index (χ0) is 18.6. The lowest BCUT2D eigenvalue weighted by Crippen LogP contribution is -2.45. The number of rotatable bonds is 5. The third kappa shape index (κ3) is 4.11. The van der Waals surface area contributed by atoms with Gasteiger partial charge in [-0.3, -0.25) is 9.78 Å². The van der Waals surface area contributed by atoms with Crippen molar-refractivity contribution in [2.45, 2.75) is 24.3 Å². The van der Waals surface area contributed by atoms with Crippen molar-refractivity contribution >= 4 is 15.9 Å². The molecule has 1 aromatic carbocycles. The van der Waals surface area contributed by atoms with Gasteiger partial charge in [0.25, 0.3) is 0 Å². The number of hydrogen-bond acceptors (Lipinski definition) is 4. The molecule has 7 heteroatoms. The van der Waals surface area contributed by atoms with Crippen LogP contribution in [-0.2, 0) is 21.4 Å². The first-order chi connectivity index (χ1) is 12.5. The van der Waals surface area contributed by atoms with E-state index < -0.39 is 10.0 Å². The number of amides is 1. The van der Waals surface area contributed by atoms with Gasteiger partial charge < -0.3 is 4.90 Å². The largest absolute Gasteiger partial charge is 0.341 e. The third-order valence-electron chi connectivity index (χ3n) is 4.63. The Balaban J connectivity index is 1.69. The van der Waals surface area contributed by atoms with Crippen LogP contribution in [0.3, 0.4) is 0 Å². The third-order valence-corrected chi connectivity index (χ3v) is 6.51. The summed E-state index contributed by atoms with van der Waals surface area (Å²) in [6.45, 7) is 1.15. The molecule has 1 fully saturated rings. The van der Waals surface area contributed by atoms with Crippen LogP contribution in [0.4, 0.5) is 0 Å². The molecule has 1 aliphatic heterocycles. The smallest absolute Gasteiger partial charge is 0.243 e. The van der Waals surface area contributed by atoms with E-state index in [0.29, 0.717) is 25.9 Å². The van der Waals surface area contributed by atoms with Crippen LogP contribution in [0, 0.1) is 5.92 Å². The van der Waals surface area contributed by atoms with E-state index in [1.54, 1.807) is 54.7 Å². The van der Waals surface area contributed by atoms with Crippen molar-refractivity contribution in [1.29, 1.82) is 0 Å². The quantitative estimate of drug-likeness (QED) is 0.805. The molecule has 3 rings (SSSR count). The van der Waals surface area contributed by atoms with Gasteiger partial charge in [-0.2, -0.15) is 4.31 Å². The Hall–Kier alpha value is -2.25. The number of carbonyl (C=O) groups is 1. The number of sulfonamides is 1. The Morgan fingerprint density at radius 2 is 2.00 bits per heavy atom. The fourth-order valence-corrected chi connectivity index (χ4v) is 4.80. The van der Waals surface area contributed by atoms with Gasteiger partial charge in [-0.1, -0.05) is 24.3 Å². The number of piperidine rings is 1. The highest BCUT2D eigenvalue weighted by molar-refractivity contribution is 7.89. The summed E-state index contributed by atoms with van der Waals surface area (Å²) >= 11 is 0. The Morgan fingerprint density at radius 3 is 2.69 bits per heavy atom. The van der Waals surface area contributed by atoms with Gasteiger partial charge >= 0.3 is 0 Å². The molecule has 26 heavy (non-hydrogen) atoms. The van der Waals surface area contributed by atoms with E-state index >= 15 is 0 Å². The van der Waals surface area contributed by atoms with Gasteiger partial charge in [0.1, 0.15) is 0 Å². The van der Waals surface area contributed by atoms with Crippen LogP contribution in [0.1, 0.15) is 18.4 Å². The molecule has 0 aliphatic carbocycles. The Bertz CT molecular complexity index is 841. The van der Waals surface area contributed by atoms with Crippen LogP contribution in [0.2, 0.25) is 0 Å². The van der Waals surface area contributed by atoms with Crippen LogP contribution in [-0.4, -0.2) is 48.7 Å². The molecule has 1 amide bonds. The van der Waals surface area contributed by atoms with Gasteiger partial charge in [-0.05, 0) is 36.6 Å². The molecule has 6 nitrogen and oxygen atoms in total. The predicted octanol–water partition coefficient (Wildman–Crippen LogP) is 2.14. The molecule has 1 aromatic heterocycles. The maximum absolute atomic E-state index is 12.8.